The van der Waals surface area contributed by atoms with Gasteiger partial charge in [-0.15, -0.1) is 0 Å². The average Bonchev–Trinajstić information content (AvgIpc) is 2.75. The highest BCUT2D eigenvalue weighted by atomic mass is 79.9. The number of aromatic nitrogens is 2. The summed E-state index contributed by atoms with van der Waals surface area (Å²) >= 11 is 7.02. The molecule has 0 aliphatic carbocycles. The van der Waals surface area contributed by atoms with Crippen molar-refractivity contribution in [1.82, 2.24) is 9.55 Å². The largest absolute Gasteiger partial charge is 0.327 e. The summed E-state index contributed by atoms with van der Waals surface area (Å²) in [6.07, 6.45) is 0. The summed E-state index contributed by atoms with van der Waals surface area (Å²) < 4.78 is 4.02. The van der Waals surface area contributed by atoms with Crippen molar-refractivity contribution >= 4 is 42.9 Å². The van der Waals surface area contributed by atoms with E-state index in [1.165, 1.54) is 0 Å². The quantitative estimate of drug-likeness (QED) is 0.607. The summed E-state index contributed by atoms with van der Waals surface area (Å²) in [5, 5.41) is 8.97. The summed E-state index contributed by atoms with van der Waals surface area (Å²) in [6, 6.07) is 13.7. The number of halogens is 2. The third-order valence-corrected chi connectivity index (χ3v) is 4.33. The van der Waals surface area contributed by atoms with Crippen molar-refractivity contribution in [2.75, 3.05) is 0 Å². The normalized spacial score (nSPS) is 10.7. The number of nitrogens with zero attached hydrogens (tertiary/aromatic N) is 3. The van der Waals surface area contributed by atoms with Crippen LogP contribution >= 0.6 is 31.9 Å². The minimum Gasteiger partial charge on any atom is -0.327 e. The van der Waals surface area contributed by atoms with Crippen LogP contribution in [0.1, 0.15) is 5.56 Å². The fourth-order valence-electron chi connectivity index (χ4n) is 2.18. The smallest absolute Gasteiger partial charge is 0.142 e. The second-order valence-electron chi connectivity index (χ2n) is 4.43. The zero-order valence-corrected chi connectivity index (χ0v) is 13.7. The fourth-order valence-corrected chi connectivity index (χ4v) is 3.41. The van der Waals surface area contributed by atoms with Gasteiger partial charge in [-0.3, -0.25) is 0 Å². The van der Waals surface area contributed by atoms with E-state index in [0.29, 0.717) is 5.56 Å². The molecule has 3 nitrogen and oxygen atoms in total. The minimum absolute atomic E-state index is 0.622. The summed E-state index contributed by atoms with van der Waals surface area (Å²) in [7, 11) is 1.98. The Bertz CT molecular complexity index is 859. The molecule has 0 spiro atoms. The molecule has 0 saturated carbocycles. The lowest BCUT2D eigenvalue weighted by Crippen LogP contribution is -1.93. The van der Waals surface area contributed by atoms with Crippen LogP contribution < -0.4 is 0 Å². The lowest BCUT2D eigenvalue weighted by Gasteiger charge is -2.05. The Morgan fingerprint density at radius 1 is 1.15 bits per heavy atom. The highest BCUT2D eigenvalue weighted by molar-refractivity contribution is 9.11. The molecule has 0 atom stereocenters. The Kier molecular flexibility index (Phi) is 3.36. The van der Waals surface area contributed by atoms with E-state index >= 15 is 0 Å². The molecule has 98 valence electrons. The van der Waals surface area contributed by atoms with Crippen molar-refractivity contribution in [3.8, 4) is 17.5 Å². The second-order valence-corrected chi connectivity index (χ2v) is 6.20. The molecule has 0 amide bonds. The molecule has 0 aliphatic heterocycles. The molecule has 0 bridgehead atoms. The predicted octanol–water partition coefficient (Wildman–Crippen LogP) is 4.64. The lowest BCUT2D eigenvalue weighted by atomic mass is 10.2. The Morgan fingerprint density at radius 2 is 1.95 bits per heavy atom. The maximum absolute atomic E-state index is 8.97. The van der Waals surface area contributed by atoms with Crippen LogP contribution in [0.15, 0.2) is 45.3 Å². The molecule has 0 saturated heterocycles. The van der Waals surface area contributed by atoms with E-state index in [1.54, 1.807) is 0 Å². The summed E-state index contributed by atoms with van der Waals surface area (Å²) in [5.74, 6) is 0.870. The Hall–Kier alpha value is -1.64. The minimum atomic E-state index is 0.622. The van der Waals surface area contributed by atoms with Crippen molar-refractivity contribution < 1.29 is 0 Å². The Labute approximate surface area is 133 Å². The number of nitriles is 1. The van der Waals surface area contributed by atoms with Gasteiger partial charge in [-0.2, -0.15) is 5.26 Å². The van der Waals surface area contributed by atoms with E-state index in [0.717, 1.165) is 31.4 Å². The van der Waals surface area contributed by atoms with E-state index < -0.39 is 0 Å². The van der Waals surface area contributed by atoms with Crippen molar-refractivity contribution in [2.45, 2.75) is 0 Å². The van der Waals surface area contributed by atoms with E-state index in [9.17, 15) is 0 Å². The van der Waals surface area contributed by atoms with Crippen LogP contribution in [-0.2, 0) is 7.05 Å². The van der Waals surface area contributed by atoms with Crippen LogP contribution in [0, 0.1) is 11.3 Å². The van der Waals surface area contributed by atoms with Crippen molar-refractivity contribution in [2.24, 2.45) is 7.05 Å². The van der Waals surface area contributed by atoms with Crippen LogP contribution in [0.25, 0.3) is 22.4 Å². The van der Waals surface area contributed by atoms with E-state index in [4.69, 9.17) is 5.26 Å². The SMILES string of the molecule is Cn1c(-c2ccc(Br)cc2Br)nc2cc(C#N)ccc21. The van der Waals surface area contributed by atoms with Gasteiger partial charge in [-0.1, -0.05) is 15.9 Å². The van der Waals surface area contributed by atoms with Gasteiger partial charge in [0.1, 0.15) is 5.82 Å². The fraction of sp³-hybridized carbons (Fsp3) is 0.0667. The molecule has 5 heteroatoms. The number of hydrogen-bond donors (Lipinski definition) is 0. The molecule has 3 rings (SSSR count). The first kappa shape index (κ1) is 13.3. The number of rotatable bonds is 1. The van der Waals surface area contributed by atoms with Crippen LogP contribution in [0.4, 0.5) is 0 Å². The second kappa shape index (κ2) is 5.04. The summed E-state index contributed by atoms with van der Waals surface area (Å²) in [4.78, 5) is 4.65. The zero-order chi connectivity index (χ0) is 14.3. The van der Waals surface area contributed by atoms with Gasteiger partial charge in [-0.05, 0) is 52.3 Å². The maximum atomic E-state index is 8.97. The first-order valence-electron chi connectivity index (χ1n) is 5.92. The zero-order valence-electron chi connectivity index (χ0n) is 10.6. The average molecular weight is 391 g/mol. The van der Waals surface area contributed by atoms with Gasteiger partial charge in [0.25, 0.3) is 0 Å². The molecule has 0 N–H and O–H groups in total. The first-order chi connectivity index (χ1) is 9.60. The molecular formula is C15H9Br2N3. The molecule has 20 heavy (non-hydrogen) atoms. The number of fused-ring (bicyclic) bond motifs is 1. The number of benzene rings is 2. The molecule has 1 heterocycles. The topological polar surface area (TPSA) is 41.6 Å². The molecular weight excluding hydrogens is 382 g/mol. The van der Waals surface area contributed by atoms with E-state index in [2.05, 4.69) is 42.9 Å². The summed E-state index contributed by atoms with van der Waals surface area (Å²) in [6.45, 7) is 0. The van der Waals surface area contributed by atoms with Gasteiger partial charge < -0.3 is 4.57 Å². The standard InChI is InChI=1S/C15H9Br2N3/c1-20-14-5-2-9(8-18)6-13(14)19-15(20)11-4-3-10(16)7-12(11)17/h2-7H,1H3. The number of imidazole rings is 1. The third kappa shape index (κ3) is 2.15. The third-order valence-electron chi connectivity index (χ3n) is 3.18. The molecule has 0 fully saturated rings. The van der Waals surface area contributed by atoms with Gasteiger partial charge >= 0.3 is 0 Å². The van der Waals surface area contributed by atoms with Crippen molar-refractivity contribution in [1.29, 1.82) is 5.26 Å². The van der Waals surface area contributed by atoms with Crippen LogP contribution in [0.5, 0.6) is 0 Å². The molecule has 3 aromatic rings. The first-order valence-corrected chi connectivity index (χ1v) is 7.51. The monoisotopic (exact) mass is 389 g/mol. The highest BCUT2D eigenvalue weighted by Crippen LogP contribution is 2.32. The van der Waals surface area contributed by atoms with Gasteiger partial charge in [0.15, 0.2) is 0 Å². The Balaban J connectivity index is 2.26. The molecule has 1 aromatic heterocycles. The van der Waals surface area contributed by atoms with Gasteiger partial charge in [0.05, 0.1) is 22.7 Å². The maximum Gasteiger partial charge on any atom is 0.142 e. The van der Waals surface area contributed by atoms with Crippen LogP contribution in [0.2, 0.25) is 0 Å². The van der Waals surface area contributed by atoms with Crippen molar-refractivity contribution in [3.05, 3.63) is 50.9 Å². The van der Waals surface area contributed by atoms with E-state index in [1.807, 2.05) is 48.0 Å². The van der Waals surface area contributed by atoms with Crippen LogP contribution in [-0.4, -0.2) is 9.55 Å². The molecule has 0 radical (unpaired) electrons. The summed E-state index contributed by atoms with van der Waals surface area (Å²) in [5.41, 5.74) is 3.48. The molecule has 0 aliphatic rings. The number of hydrogen-bond acceptors (Lipinski definition) is 2. The lowest BCUT2D eigenvalue weighted by molar-refractivity contribution is 0.958. The van der Waals surface area contributed by atoms with E-state index in [-0.39, 0.29) is 0 Å². The van der Waals surface area contributed by atoms with Gasteiger partial charge in [0.2, 0.25) is 0 Å². The predicted molar refractivity (Wildman–Crippen MR) is 86.3 cm³/mol. The van der Waals surface area contributed by atoms with Crippen LogP contribution in [0.3, 0.4) is 0 Å². The highest BCUT2D eigenvalue weighted by Gasteiger charge is 2.13. The van der Waals surface area contributed by atoms with Crippen molar-refractivity contribution in [3.63, 3.8) is 0 Å². The Morgan fingerprint density at radius 3 is 2.65 bits per heavy atom. The molecule has 2 aromatic carbocycles. The molecule has 0 unspecified atom stereocenters. The van der Waals surface area contributed by atoms with Gasteiger partial charge in [-0.25, -0.2) is 4.98 Å². The van der Waals surface area contributed by atoms with Gasteiger partial charge in [0, 0.05) is 21.6 Å². The number of aryl methyl sites for hydroxylation is 1.